The Morgan fingerprint density at radius 1 is 1.07 bits per heavy atom. The number of rotatable bonds is 4. The number of thiophene rings is 1. The maximum Gasteiger partial charge on any atom is 0.137 e. The molecule has 0 amide bonds. The van der Waals surface area contributed by atoms with Gasteiger partial charge in [0.05, 0.1) is 5.36 Å². The van der Waals surface area contributed by atoms with E-state index in [0.717, 1.165) is 46.4 Å². The minimum absolute atomic E-state index is 0.765. The van der Waals surface area contributed by atoms with E-state index in [0.29, 0.717) is 0 Å². The van der Waals surface area contributed by atoms with Crippen molar-refractivity contribution in [3.8, 4) is 21.8 Å². The van der Waals surface area contributed by atoms with Crippen LogP contribution in [0.15, 0.2) is 51.2 Å². The Kier molecular flexibility index (Phi) is 4.75. The maximum atomic E-state index is 6.37. The first-order valence-electron chi connectivity index (χ1n) is 9.42. The fraction of sp³-hybridized carbons (Fsp3) is 0.261. The van der Waals surface area contributed by atoms with Crippen LogP contribution in [0, 0.1) is 13.8 Å². The predicted octanol–water partition coefficient (Wildman–Crippen LogP) is 6.24. The van der Waals surface area contributed by atoms with Gasteiger partial charge in [0, 0.05) is 52.3 Å². The molecule has 0 fully saturated rings. The second-order valence-electron chi connectivity index (χ2n) is 6.76. The van der Waals surface area contributed by atoms with Crippen molar-refractivity contribution in [3.63, 3.8) is 0 Å². The van der Waals surface area contributed by atoms with Crippen LogP contribution in [0.3, 0.4) is 0 Å². The first-order valence-corrected chi connectivity index (χ1v) is 10.3. The van der Waals surface area contributed by atoms with Crippen LogP contribution in [0.1, 0.15) is 25.0 Å². The molecular formula is C23H24N2OS. The topological polar surface area (TPSA) is 37.5 Å². The van der Waals surface area contributed by atoms with Gasteiger partial charge in [0.25, 0.3) is 0 Å². The molecule has 3 nitrogen and oxygen atoms in total. The van der Waals surface area contributed by atoms with Crippen molar-refractivity contribution >= 4 is 28.0 Å². The molecule has 1 aromatic carbocycles. The van der Waals surface area contributed by atoms with Gasteiger partial charge in [-0.1, -0.05) is 6.07 Å². The summed E-state index contributed by atoms with van der Waals surface area (Å²) in [6.07, 6.45) is 0. The smallest absolute Gasteiger partial charge is 0.137 e. The zero-order valence-corrected chi connectivity index (χ0v) is 17.0. The number of nitrogens with one attached hydrogen (secondary N) is 1. The average Bonchev–Trinajstić information content (AvgIpc) is 3.16. The summed E-state index contributed by atoms with van der Waals surface area (Å²) in [6, 6.07) is 13.0. The molecule has 0 saturated heterocycles. The molecule has 0 atom stereocenters. The van der Waals surface area contributed by atoms with Crippen molar-refractivity contribution in [2.75, 3.05) is 18.4 Å². The van der Waals surface area contributed by atoms with Crippen LogP contribution < -0.4 is 10.7 Å². The number of hydrogen-bond donors (Lipinski definition) is 1. The first-order chi connectivity index (χ1) is 13.1. The van der Waals surface area contributed by atoms with Gasteiger partial charge in [-0.05, 0) is 62.4 Å². The molecule has 138 valence electrons. The van der Waals surface area contributed by atoms with Crippen LogP contribution in [-0.4, -0.2) is 13.1 Å². The number of hydrogen-bond acceptors (Lipinski definition) is 4. The van der Waals surface area contributed by atoms with E-state index in [1.165, 1.54) is 21.6 Å². The number of benzene rings is 2. The van der Waals surface area contributed by atoms with Gasteiger partial charge in [-0.3, -0.25) is 4.99 Å². The van der Waals surface area contributed by atoms with Gasteiger partial charge in [-0.25, -0.2) is 0 Å². The normalized spacial score (nSPS) is 12.2. The standard InChI is InChI=1S/C23H24N2OS/c1-5-24-18-12-20-16(10-14(18)3)23(22-8-7-9-27-22)17-11-15(4)19(25-6-2)13-21(17)26-20/h7-13,24H,5-6H2,1-4H3/b25-19-. The molecule has 27 heavy (non-hydrogen) atoms. The third kappa shape index (κ3) is 3.15. The fourth-order valence-electron chi connectivity index (χ4n) is 3.60. The van der Waals surface area contributed by atoms with Gasteiger partial charge in [-0.15, -0.1) is 11.3 Å². The third-order valence-corrected chi connectivity index (χ3v) is 5.73. The third-order valence-electron chi connectivity index (χ3n) is 4.85. The SMILES string of the molecule is CC/N=c1/cc2oc3cc(NCC)c(C)cc3c(-c3cccs3)c-2cc1C. The van der Waals surface area contributed by atoms with Gasteiger partial charge >= 0.3 is 0 Å². The summed E-state index contributed by atoms with van der Waals surface area (Å²) < 4.78 is 6.37. The van der Waals surface area contributed by atoms with Gasteiger partial charge in [0.2, 0.25) is 0 Å². The molecule has 2 heterocycles. The van der Waals surface area contributed by atoms with Crippen molar-refractivity contribution in [2.24, 2.45) is 4.99 Å². The first kappa shape index (κ1) is 17.8. The molecule has 4 heteroatoms. The Balaban J connectivity index is 2.14. The minimum atomic E-state index is 0.765. The Morgan fingerprint density at radius 2 is 1.93 bits per heavy atom. The molecule has 0 radical (unpaired) electrons. The largest absolute Gasteiger partial charge is 0.456 e. The molecule has 1 N–H and O–H groups in total. The number of nitrogens with zero attached hydrogens (tertiary/aromatic N) is 1. The second-order valence-corrected chi connectivity index (χ2v) is 7.70. The van der Waals surface area contributed by atoms with Crippen molar-refractivity contribution in [2.45, 2.75) is 27.7 Å². The lowest BCUT2D eigenvalue weighted by atomic mass is 9.95. The highest BCUT2D eigenvalue weighted by molar-refractivity contribution is 7.13. The van der Waals surface area contributed by atoms with Crippen molar-refractivity contribution in [3.05, 3.63) is 58.3 Å². The van der Waals surface area contributed by atoms with E-state index >= 15 is 0 Å². The number of fused-ring (bicyclic) bond motifs is 2. The highest BCUT2D eigenvalue weighted by atomic mass is 32.1. The summed E-state index contributed by atoms with van der Waals surface area (Å²) in [6.45, 7) is 10.1. The van der Waals surface area contributed by atoms with Gasteiger partial charge in [0.15, 0.2) is 0 Å². The van der Waals surface area contributed by atoms with Gasteiger partial charge in [-0.2, -0.15) is 0 Å². The molecule has 2 aliphatic rings. The number of anilines is 1. The summed E-state index contributed by atoms with van der Waals surface area (Å²) in [5.74, 6) is 0.884. The van der Waals surface area contributed by atoms with E-state index in [4.69, 9.17) is 4.42 Å². The van der Waals surface area contributed by atoms with Crippen LogP contribution >= 0.6 is 11.3 Å². The molecule has 4 rings (SSSR count). The second kappa shape index (κ2) is 7.20. The zero-order valence-electron chi connectivity index (χ0n) is 16.2. The van der Waals surface area contributed by atoms with Crippen LogP contribution in [0.25, 0.3) is 32.7 Å². The fourth-order valence-corrected chi connectivity index (χ4v) is 4.40. The molecule has 0 saturated carbocycles. The zero-order chi connectivity index (χ0) is 19.0. The Hall–Kier alpha value is -2.59. The van der Waals surface area contributed by atoms with E-state index in [9.17, 15) is 0 Å². The van der Waals surface area contributed by atoms with Crippen LogP contribution in [0.2, 0.25) is 0 Å². The summed E-state index contributed by atoms with van der Waals surface area (Å²) in [7, 11) is 0. The van der Waals surface area contributed by atoms with Crippen LogP contribution in [0.5, 0.6) is 0 Å². The Morgan fingerprint density at radius 3 is 2.63 bits per heavy atom. The lowest BCUT2D eigenvalue weighted by Crippen LogP contribution is -2.09. The highest BCUT2D eigenvalue weighted by Gasteiger charge is 2.19. The molecule has 1 aliphatic carbocycles. The quantitative estimate of drug-likeness (QED) is 0.428. The lowest BCUT2D eigenvalue weighted by molar-refractivity contribution is 0.618. The summed E-state index contributed by atoms with van der Waals surface area (Å²) >= 11 is 1.77. The summed E-state index contributed by atoms with van der Waals surface area (Å²) in [5.41, 5.74) is 6.82. The average molecular weight is 377 g/mol. The Bertz CT molecular complexity index is 1140. The molecule has 0 bridgehead atoms. The minimum Gasteiger partial charge on any atom is -0.456 e. The van der Waals surface area contributed by atoms with Crippen molar-refractivity contribution in [1.29, 1.82) is 0 Å². The molecule has 0 unspecified atom stereocenters. The molecule has 2 aromatic rings. The molecule has 1 aromatic heterocycles. The predicted molar refractivity (Wildman–Crippen MR) is 116 cm³/mol. The van der Waals surface area contributed by atoms with Crippen LogP contribution in [0.4, 0.5) is 5.69 Å². The number of aryl methyl sites for hydroxylation is 2. The van der Waals surface area contributed by atoms with E-state index in [2.05, 4.69) is 79.8 Å². The summed E-state index contributed by atoms with van der Waals surface area (Å²) in [4.78, 5) is 5.88. The van der Waals surface area contributed by atoms with Crippen molar-refractivity contribution in [1.82, 2.24) is 0 Å². The van der Waals surface area contributed by atoms with E-state index in [1.54, 1.807) is 11.3 Å². The van der Waals surface area contributed by atoms with Crippen molar-refractivity contribution < 1.29 is 4.42 Å². The van der Waals surface area contributed by atoms with Gasteiger partial charge in [0.1, 0.15) is 11.3 Å². The molecule has 1 aliphatic heterocycles. The molecule has 0 spiro atoms. The highest BCUT2D eigenvalue weighted by Crippen LogP contribution is 2.43. The van der Waals surface area contributed by atoms with E-state index in [1.807, 2.05) is 0 Å². The maximum absolute atomic E-state index is 6.37. The lowest BCUT2D eigenvalue weighted by Gasteiger charge is -2.17. The monoisotopic (exact) mass is 376 g/mol. The van der Waals surface area contributed by atoms with Gasteiger partial charge < -0.3 is 9.73 Å². The van der Waals surface area contributed by atoms with E-state index < -0.39 is 0 Å². The summed E-state index contributed by atoms with van der Waals surface area (Å²) in [5, 5.41) is 7.72. The molecular weight excluding hydrogens is 352 g/mol. The van der Waals surface area contributed by atoms with Crippen LogP contribution in [-0.2, 0) is 0 Å². The van der Waals surface area contributed by atoms with E-state index in [-0.39, 0.29) is 0 Å². The Labute approximate surface area is 163 Å².